The molecule has 1 aliphatic rings. The Kier molecular flexibility index (Phi) is 6.05. The number of carbonyl (C=O) groups is 1. The summed E-state index contributed by atoms with van der Waals surface area (Å²) in [4.78, 5) is 11.8. The summed E-state index contributed by atoms with van der Waals surface area (Å²) >= 11 is 0. The van der Waals surface area contributed by atoms with Crippen molar-refractivity contribution in [1.82, 2.24) is 15.1 Å². The summed E-state index contributed by atoms with van der Waals surface area (Å²) in [6, 6.07) is 0. The van der Waals surface area contributed by atoms with Gasteiger partial charge in [-0.15, -0.1) is 0 Å². The molecule has 0 spiro atoms. The highest BCUT2D eigenvalue weighted by Gasteiger charge is 2.12. The van der Waals surface area contributed by atoms with Crippen LogP contribution in [0.25, 0.3) is 0 Å². The number of nitrogens with zero attached hydrogens (tertiary/aromatic N) is 2. The summed E-state index contributed by atoms with van der Waals surface area (Å²) in [5, 5.41) is 7.46. The summed E-state index contributed by atoms with van der Waals surface area (Å²) in [5.41, 5.74) is 2.52. The Balaban J connectivity index is 1.83. The molecule has 20 heavy (non-hydrogen) atoms. The summed E-state index contributed by atoms with van der Waals surface area (Å²) in [5.74, 6) is 0.0246. The van der Waals surface area contributed by atoms with Gasteiger partial charge >= 0.3 is 0 Å². The highest BCUT2D eigenvalue weighted by Crippen LogP contribution is 2.18. The monoisotopic (exact) mass is 279 g/mol. The van der Waals surface area contributed by atoms with Gasteiger partial charge in [-0.3, -0.25) is 9.48 Å². The van der Waals surface area contributed by atoms with Crippen molar-refractivity contribution in [3.05, 3.63) is 17.5 Å². The minimum atomic E-state index is 0.0246. The zero-order valence-corrected chi connectivity index (χ0v) is 12.4. The van der Waals surface area contributed by atoms with Gasteiger partial charge in [-0.2, -0.15) is 5.10 Å². The van der Waals surface area contributed by atoms with Crippen molar-refractivity contribution in [3.8, 4) is 0 Å². The lowest BCUT2D eigenvalue weighted by Gasteiger charge is -2.06. The Morgan fingerprint density at radius 2 is 2.15 bits per heavy atom. The van der Waals surface area contributed by atoms with Crippen molar-refractivity contribution >= 4 is 5.91 Å². The van der Waals surface area contributed by atoms with E-state index in [2.05, 4.69) is 16.6 Å². The first kappa shape index (κ1) is 15.0. The normalized spacial score (nSPS) is 15.2. The van der Waals surface area contributed by atoms with Crippen molar-refractivity contribution in [3.63, 3.8) is 0 Å². The van der Waals surface area contributed by atoms with E-state index < -0.39 is 0 Å². The zero-order chi connectivity index (χ0) is 14.2. The van der Waals surface area contributed by atoms with Crippen LogP contribution in [0.3, 0.4) is 0 Å². The van der Waals surface area contributed by atoms with E-state index in [-0.39, 0.29) is 5.91 Å². The average molecular weight is 279 g/mol. The fourth-order valence-electron chi connectivity index (χ4n) is 2.61. The molecular weight excluding hydrogens is 254 g/mol. The Bertz CT molecular complexity index is 403. The molecular formula is C15H25N3O2. The van der Waals surface area contributed by atoms with Crippen LogP contribution in [0.4, 0.5) is 0 Å². The number of hydrogen-bond acceptors (Lipinski definition) is 3. The number of methoxy groups -OCH3 is 1. The van der Waals surface area contributed by atoms with Gasteiger partial charge in [0.25, 0.3) is 0 Å². The van der Waals surface area contributed by atoms with Crippen LogP contribution >= 0.6 is 0 Å². The van der Waals surface area contributed by atoms with Crippen LogP contribution in [-0.2, 0) is 28.9 Å². The van der Waals surface area contributed by atoms with E-state index in [1.54, 1.807) is 11.8 Å². The Labute approximate surface area is 120 Å². The third-order valence-corrected chi connectivity index (χ3v) is 3.69. The van der Waals surface area contributed by atoms with Crippen molar-refractivity contribution in [2.24, 2.45) is 0 Å². The first-order valence-electron chi connectivity index (χ1n) is 7.60. The molecule has 1 aromatic rings. The van der Waals surface area contributed by atoms with Gasteiger partial charge in [0, 0.05) is 26.5 Å². The smallest absolute Gasteiger partial charge is 0.241 e. The molecule has 0 fully saturated rings. The second-order valence-corrected chi connectivity index (χ2v) is 5.41. The Morgan fingerprint density at radius 1 is 1.35 bits per heavy atom. The van der Waals surface area contributed by atoms with Crippen LogP contribution in [0, 0.1) is 0 Å². The number of aromatic nitrogens is 2. The molecule has 0 unspecified atom stereocenters. The SMILES string of the molecule is COCCCNC(=O)Cn1cc2c(n1)CCCCCC2. The largest absolute Gasteiger partial charge is 0.385 e. The molecule has 1 N–H and O–H groups in total. The molecule has 5 heteroatoms. The first-order valence-corrected chi connectivity index (χ1v) is 7.60. The predicted octanol–water partition coefficient (Wildman–Crippen LogP) is 1.69. The molecule has 0 aromatic carbocycles. The summed E-state index contributed by atoms with van der Waals surface area (Å²) < 4.78 is 6.75. The second-order valence-electron chi connectivity index (χ2n) is 5.41. The standard InChI is InChI=1S/C15H25N3O2/c1-20-10-6-9-16-15(19)12-18-11-13-7-4-2-3-5-8-14(13)17-18/h11H,2-10,12H2,1H3,(H,16,19). The van der Waals surface area contributed by atoms with Gasteiger partial charge in [0.2, 0.25) is 5.91 Å². The molecule has 5 nitrogen and oxygen atoms in total. The minimum absolute atomic E-state index is 0.0246. The molecule has 0 saturated carbocycles. The van der Waals surface area contributed by atoms with Crippen LogP contribution in [0.1, 0.15) is 43.4 Å². The molecule has 0 saturated heterocycles. The fourth-order valence-corrected chi connectivity index (χ4v) is 2.61. The van der Waals surface area contributed by atoms with Gasteiger partial charge < -0.3 is 10.1 Å². The molecule has 0 atom stereocenters. The van der Waals surface area contributed by atoms with E-state index in [0.29, 0.717) is 19.7 Å². The van der Waals surface area contributed by atoms with Gasteiger partial charge in [-0.1, -0.05) is 12.8 Å². The zero-order valence-electron chi connectivity index (χ0n) is 12.4. The van der Waals surface area contributed by atoms with Crippen LogP contribution in [0.15, 0.2) is 6.20 Å². The maximum Gasteiger partial charge on any atom is 0.241 e. The number of nitrogens with one attached hydrogen (secondary N) is 1. The van der Waals surface area contributed by atoms with Crippen LogP contribution in [0.5, 0.6) is 0 Å². The summed E-state index contributed by atoms with van der Waals surface area (Å²) in [6.45, 7) is 1.66. The van der Waals surface area contributed by atoms with Crippen LogP contribution in [-0.4, -0.2) is 35.9 Å². The van der Waals surface area contributed by atoms with E-state index in [1.807, 2.05) is 0 Å². The molecule has 1 aliphatic carbocycles. The van der Waals surface area contributed by atoms with Gasteiger partial charge in [-0.05, 0) is 37.7 Å². The number of amides is 1. The lowest BCUT2D eigenvalue weighted by atomic mass is 9.99. The number of rotatable bonds is 6. The van der Waals surface area contributed by atoms with E-state index in [1.165, 1.54) is 36.9 Å². The molecule has 0 radical (unpaired) electrons. The molecule has 0 aliphatic heterocycles. The van der Waals surface area contributed by atoms with E-state index in [0.717, 1.165) is 19.3 Å². The van der Waals surface area contributed by atoms with E-state index >= 15 is 0 Å². The third-order valence-electron chi connectivity index (χ3n) is 3.69. The van der Waals surface area contributed by atoms with Crippen LogP contribution < -0.4 is 5.32 Å². The fraction of sp³-hybridized carbons (Fsp3) is 0.733. The topological polar surface area (TPSA) is 56.1 Å². The average Bonchev–Trinajstić information content (AvgIpc) is 2.76. The van der Waals surface area contributed by atoms with E-state index in [4.69, 9.17) is 4.74 Å². The number of carbonyl (C=O) groups excluding carboxylic acids is 1. The second kappa shape index (κ2) is 8.04. The Hall–Kier alpha value is -1.36. The summed E-state index contributed by atoms with van der Waals surface area (Å²) in [6.07, 6.45) is 10.1. The minimum Gasteiger partial charge on any atom is -0.385 e. The lowest BCUT2D eigenvalue weighted by Crippen LogP contribution is -2.29. The van der Waals surface area contributed by atoms with Crippen molar-refractivity contribution < 1.29 is 9.53 Å². The molecule has 1 amide bonds. The number of hydrogen-bond donors (Lipinski definition) is 1. The molecule has 112 valence electrons. The molecule has 2 rings (SSSR count). The highest BCUT2D eigenvalue weighted by atomic mass is 16.5. The molecule has 1 aromatic heterocycles. The Morgan fingerprint density at radius 3 is 2.95 bits per heavy atom. The number of fused-ring (bicyclic) bond motifs is 1. The van der Waals surface area contributed by atoms with E-state index in [9.17, 15) is 4.79 Å². The number of aryl methyl sites for hydroxylation is 2. The van der Waals surface area contributed by atoms with Gasteiger partial charge in [0.05, 0.1) is 5.69 Å². The molecule has 1 heterocycles. The van der Waals surface area contributed by atoms with Gasteiger partial charge in [-0.25, -0.2) is 0 Å². The molecule has 0 bridgehead atoms. The highest BCUT2D eigenvalue weighted by molar-refractivity contribution is 5.75. The lowest BCUT2D eigenvalue weighted by molar-refractivity contribution is -0.121. The quantitative estimate of drug-likeness (QED) is 0.806. The first-order chi connectivity index (χ1) is 9.79. The van der Waals surface area contributed by atoms with Crippen molar-refractivity contribution in [2.45, 2.75) is 51.5 Å². The van der Waals surface area contributed by atoms with Crippen LogP contribution in [0.2, 0.25) is 0 Å². The van der Waals surface area contributed by atoms with Gasteiger partial charge in [0.1, 0.15) is 6.54 Å². The summed E-state index contributed by atoms with van der Waals surface area (Å²) in [7, 11) is 1.67. The maximum absolute atomic E-state index is 11.8. The van der Waals surface area contributed by atoms with Gasteiger partial charge in [0.15, 0.2) is 0 Å². The predicted molar refractivity (Wildman–Crippen MR) is 77.6 cm³/mol. The van der Waals surface area contributed by atoms with Crippen molar-refractivity contribution in [1.29, 1.82) is 0 Å². The maximum atomic E-state index is 11.8. The van der Waals surface area contributed by atoms with Crippen molar-refractivity contribution in [2.75, 3.05) is 20.3 Å². The number of ether oxygens (including phenoxy) is 1. The third kappa shape index (κ3) is 4.63.